The van der Waals surface area contributed by atoms with E-state index in [4.69, 9.17) is 4.74 Å². The van der Waals surface area contributed by atoms with E-state index in [-0.39, 0.29) is 0 Å². The van der Waals surface area contributed by atoms with Crippen LogP contribution >= 0.6 is 0 Å². The molecule has 0 bridgehead atoms. The number of para-hydroxylation sites is 1. The van der Waals surface area contributed by atoms with E-state index in [2.05, 4.69) is 13.8 Å². The van der Waals surface area contributed by atoms with Crippen molar-refractivity contribution in [3.05, 3.63) is 29.8 Å². The minimum atomic E-state index is -0.690. The molecule has 1 saturated carbocycles. The van der Waals surface area contributed by atoms with Crippen molar-refractivity contribution in [2.45, 2.75) is 45.1 Å². The summed E-state index contributed by atoms with van der Waals surface area (Å²) in [6, 6.07) is 7.93. The van der Waals surface area contributed by atoms with Crippen molar-refractivity contribution in [2.24, 2.45) is 5.92 Å². The maximum Gasteiger partial charge on any atom is 0.125 e. The summed E-state index contributed by atoms with van der Waals surface area (Å²) in [5.41, 5.74) is 0.281. The Hall–Kier alpha value is -1.02. The molecule has 1 atom stereocenters. The quantitative estimate of drug-likeness (QED) is 0.816. The van der Waals surface area contributed by atoms with Crippen LogP contribution in [0.4, 0.5) is 0 Å². The molecule has 1 aromatic rings. The normalized spacial score (nSPS) is 18.8. The molecule has 1 N–H and O–H groups in total. The van der Waals surface area contributed by atoms with Crippen LogP contribution in [0.1, 0.15) is 45.1 Å². The molecule has 0 aliphatic heterocycles. The first kappa shape index (κ1) is 12.4. The summed E-state index contributed by atoms with van der Waals surface area (Å²) in [5, 5.41) is 10.8. The molecular formula is C15H22O2. The predicted molar refractivity (Wildman–Crippen MR) is 69.1 cm³/mol. The minimum Gasteiger partial charge on any atom is -0.493 e. The van der Waals surface area contributed by atoms with Crippen molar-refractivity contribution < 1.29 is 9.84 Å². The van der Waals surface area contributed by atoms with Gasteiger partial charge in [0.15, 0.2) is 0 Å². The van der Waals surface area contributed by atoms with Crippen LogP contribution in [-0.2, 0) is 5.60 Å². The molecule has 1 fully saturated rings. The van der Waals surface area contributed by atoms with E-state index in [0.717, 1.165) is 37.0 Å². The zero-order valence-electron chi connectivity index (χ0n) is 10.8. The third kappa shape index (κ3) is 2.47. The lowest BCUT2D eigenvalue weighted by Gasteiger charge is -2.29. The van der Waals surface area contributed by atoms with Crippen LogP contribution in [0.25, 0.3) is 0 Å². The topological polar surface area (TPSA) is 29.5 Å². The van der Waals surface area contributed by atoms with Gasteiger partial charge in [-0.3, -0.25) is 0 Å². The second-order valence-corrected chi connectivity index (χ2v) is 4.90. The summed E-state index contributed by atoms with van der Waals surface area (Å²) in [6.07, 6.45) is 4.01. The Labute approximate surface area is 104 Å². The lowest BCUT2D eigenvalue weighted by molar-refractivity contribution is 0.00625. The summed E-state index contributed by atoms with van der Waals surface area (Å²) >= 11 is 0. The van der Waals surface area contributed by atoms with Gasteiger partial charge in [-0.05, 0) is 37.7 Å². The number of rotatable bonds is 6. The van der Waals surface area contributed by atoms with Crippen molar-refractivity contribution in [1.29, 1.82) is 0 Å². The molecule has 1 aliphatic carbocycles. The Morgan fingerprint density at radius 2 is 2.00 bits per heavy atom. The molecule has 1 aliphatic rings. The van der Waals surface area contributed by atoms with Gasteiger partial charge >= 0.3 is 0 Å². The fourth-order valence-corrected chi connectivity index (χ4v) is 2.42. The Kier molecular flexibility index (Phi) is 3.72. The summed E-state index contributed by atoms with van der Waals surface area (Å²) in [5.74, 6) is 1.27. The lowest BCUT2D eigenvalue weighted by atomic mass is 9.86. The number of ether oxygens (including phenoxy) is 1. The van der Waals surface area contributed by atoms with Crippen LogP contribution in [0.5, 0.6) is 5.75 Å². The van der Waals surface area contributed by atoms with Crippen LogP contribution in [0.15, 0.2) is 24.3 Å². The van der Waals surface area contributed by atoms with Crippen LogP contribution in [0.3, 0.4) is 0 Å². The van der Waals surface area contributed by atoms with Gasteiger partial charge in [0.1, 0.15) is 5.75 Å². The van der Waals surface area contributed by atoms with Gasteiger partial charge in [0.05, 0.1) is 12.2 Å². The standard InChI is InChI=1S/C15H22O2/c1-3-11-17-14-8-6-5-7-13(14)15(16,4-2)12-9-10-12/h5-8,12,16H,3-4,9-11H2,1-2H3. The molecule has 2 rings (SSSR count). The fraction of sp³-hybridized carbons (Fsp3) is 0.600. The average Bonchev–Trinajstić information content (AvgIpc) is 3.20. The second-order valence-electron chi connectivity index (χ2n) is 4.90. The molecule has 17 heavy (non-hydrogen) atoms. The van der Waals surface area contributed by atoms with Gasteiger partial charge in [-0.15, -0.1) is 0 Å². The molecule has 94 valence electrons. The van der Waals surface area contributed by atoms with E-state index in [1.807, 2.05) is 24.3 Å². The van der Waals surface area contributed by atoms with Gasteiger partial charge in [0, 0.05) is 5.56 Å². The second kappa shape index (κ2) is 5.09. The summed E-state index contributed by atoms with van der Waals surface area (Å²) < 4.78 is 5.75. The van der Waals surface area contributed by atoms with Crippen molar-refractivity contribution in [1.82, 2.24) is 0 Å². The Balaban J connectivity index is 2.29. The zero-order chi connectivity index (χ0) is 12.3. The van der Waals surface area contributed by atoms with Gasteiger partial charge in [0.2, 0.25) is 0 Å². The highest BCUT2D eigenvalue weighted by molar-refractivity contribution is 5.39. The third-order valence-corrected chi connectivity index (χ3v) is 3.61. The Morgan fingerprint density at radius 1 is 1.29 bits per heavy atom. The van der Waals surface area contributed by atoms with Gasteiger partial charge in [-0.2, -0.15) is 0 Å². The van der Waals surface area contributed by atoms with E-state index in [0.29, 0.717) is 12.5 Å². The van der Waals surface area contributed by atoms with E-state index in [9.17, 15) is 5.11 Å². The van der Waals surface area contributed by atoms with Gasteiger partial charge in [-0.25, -0.2) is 0 Å². The van der Waals surface area contributed by atoms with Gasteiger partial charge in [-0.1, -0.05) is 32.0 Å². The SMILES string of the molecule is CCCOc1ccccc1C(O)(CC)C1CC1. The van der Waals surface area contributed by atoms with E-state index < -0.39 is 5.60 Å². The highest BCUT2D eigenvalue weighted by Gasteiger charge is 2.45. The van der Waals surface area contributed by atoms with Crippen LogP contribution < -0.4 is 4.74 Å². The van der Waals surface area contributed by atoms with Crippen LogP contribution in [0.2, 0.25) is 0 Å². The zero-order valence-corrected chi connectivity index (χ0v) is 10.8. The fourth-order valence-electron chi connectivity index (χ4n) is 2.42. The lowest BCUT2D eigenvalue weighted by Crippen LogP contribution is -2.28. The van der Waals surface area contributed by atoms with Crippen molar-refractivity contribution >= 4 is 0 Å². The number of benzene rings is 1. The molecule has 0 aromatic heterocycles. The first-order valence-corrected chi connectivity index (χ1v) is 6.67. The maximum atomic E-state index is 10.8. The molecular weight excluding hydrogens is 212 g/mol. The highest BCUT2D eigenvalue weighted by atomic mass is 16.5. The molecule has 0 amide bonds. The first-order chi connectivity index (χ1) is 8.22. The molecule has 0 radical (unpaired) electrons. The van der Waals surface area contributed by atoms with E-state index >= 15 is 0 Å². The van der Waals surface area contributed by atoms with Gasteiger partial charge in [0.25, 0.3) is 0 Å². The predicted octanol–water partition coefficient (Wildman–Crippen LogP) is 3.48. The van der Waals surface area contributed by atoms with Crippen molar-refractivity contribution in [3.8, 4) is 5.75 Å². The maximum absolute atomic E-state index is 10.8. The van der Waals surface area contributed by atoms with E-state index in [1.165, 1.54) is 0 Å². The van der Waals surface area contributed by atoms with Crippen molar-refractivity contribution in [2.75, 3.05) is 6.61 Å². The van der Waals surface area contributed by atoms with Gasteiger partial charge < -0.3 is 9.84 Å². The molecule has 0 heterocycles. The highest BCUT2D eigenvalue weighted by Crippen LogP contribution is 2.49. The van der Waals surface area contributed by atoms with Crippen LogP contribution in [-0.4, -0.2) is 11.7 Å². The molecule has 1 unspecified atom stereocenters. The van der Waals surface area contributed by atoms with E-state index in [1.54, 1.807) is 0 Å². The summed E-state index contributed by atoms with van der Waals surface area (Å²) in [4.78, 5) is 0. The Morgan fingerprint density at radius 3 is 2.59 bits per heavy atom. The largest absolute Gasteiger partial charge is 0.493 e. The molecule has 0 saturated heterocycles. The smallest absolute Gasteiger partial charge is 0.125 e. The molecule has 2 nitrogen and oxygen atoms in total. The molecule has 1 aromatic carbocycles. The summed E-state index contributed by atoms with van der Waals surface area (Å²) in [7, 11) is 0. The van der Waals surface area contributed by atoms with Crippen molar-refractivity contribution in [3.63, 3.8) is 0 Å². The number of aliphatic hydroxyl groups is 1. The monoisotopic (exact) mass is 234 g/mol. The Bertz CT molecular complexity index is 371. The third-order valence-electron chi connectivity index (χ3n) is 3.61. The van der Waals surface area contributed by atoms with Crippen LogP contribution in [0, 0.1) is 5.92 Å². The summed E-state index contributed by atoms with van der Waals surface area (Å²) in [6.45, 7) is 4.85. The molecule has 2 heteroatoms. The number of hydrogen-bond acceptors (Lipinski definition) is 2. The average molecular weight is 234 g/mol. The number of hydrogen-bond donors (Lipinski definition) is 1. The molecule has 0 spiro atoms. The minimum absolute atomic E-state index is 0.416. The first-order valence-electron chi connectivity index (χ1n) is 6.67.